The van der Waals surface area contributed by atoms with Crippen molar-refractivity contribution in [3.8, 4) is 0 Å². The molecule has 2 rings (SSSR count). The zero-order chi connectivity index (χ0) is 14.0. The number of thioether (sulfide) groups is 1. The highest BCUT2D eigenvalue weighted by molar-refractivity contribution is 7.99. The van der Waals surface area contributed by atoms with Gasteiger partial charge in [0.1, 0.15) is 0 Å². The normalized spacial score (nSPS) is 14.5. The quantitative estimate of drug-likeness (QED) is 0.829. The first-order valence-corrected chi connectivity index (χ1v) is 7.92. The highest BCUT2D eigenvalue weighted by Gasteiger charge is 2.23. The first kappa shape index (κ1) is 14.4. The average molecular weight is 298 g/mol. The Balaban J connectivity index is 2.32. The first-order valence-electron chi connectivity index (χ1n) is 6.16. The minimum absolute atomic E-state index is 0.0144. The second kappa shape index (κ2) is 5.94. The molecular formula is C12H18N4OS2. The van der Waals surface area contributed by atoms with E-state index in [2.05, 4.69) is 28.6 Å². The second-order valence-corrected chi connectivity index (χ2v) is 6.48. The molecule has 0 fully saturated rings. The van der Waals surface area contributed by atoms with Crippen LogP contribution in [0.5, 0.6) is 0 Å². The summed E-state index contributed by atoms with van der Waals surface area (Å²) < 4.78 is 1.63. The van der Waals surface area contributed by atoms with Crippen LogP contribution in [-0.4, -0.2) is 20.8 Å². The van der Waals surface area contributed by atoms with Crippen molar-refractivity contribution in [1.29, 1.82) is 0 Å². The van der Waals surface area contributed by atoms with Crippen molar-refractivity contribution in [3.63, 3.8) is 0 Å². The van der Waals surface area contributed by atoms with Crippen molar-refractivity contribution in [1.82, 2.24) is 14.8 Å². The van der Waals surface area contributed by atoms with Crippen molar-refractivity contribution in [2.24, 2.45) is 5.73 Å². The summed E-state index contributed by atoms with van der Waals surface area (Å²) >= 11 is 3.25. The Kier molecular flexibility index (Phi) is 4.49. The predicted molar refractivity (Wildman–Crippen MR) is 79.8 cm³/mol. The van der Waals surface area contributed by atoms with Crippen molar-refractivity contribution < 1.29 is 0 Å². The molecule has 2 aromatic heterocycles. The summed E-state index contributed by atoms with van der Waals surface area (Å²) in [7, 11) is 0. The standard InChI is InChI=1S/C12H18N4OS2/c1-4-16-11(17)14-15-12(16)19-10(8(3)13)9-7(2)5-6-18-9/h5-6,8,10H,4,13H2,1-3H3,(H,14,17). The van der Waals surface area contributed by atoms with Crippen molar-refractivity contribution in [2.75, 3.05) is 0 Å². The molecule has 2 aromatic rings. The average Bonchev–Trinajstić information content (AvgIpc) is 2.92. The highest BCUT2D eigenvalue weighted by Crippen LogP contribution is 2.39. The lowest BCUT2D eigenvalue weighted by Crippen LogP contribution is -2.23. The second-order valence-electron chi connectivity index (χ2n) is 4.42. The Morgan fingerprint density at radius 3 is 2.89 bits per heavy atom. The lowest BCUT2D eigenvalue weighted by Gasteiger charge is -2.19. The lowest BCUT2D eigenvalue weighted by atomic mass is 10.1. The van der Waals surface area contributed by atoms with Gasteiger partial charge in [0, 0.05) is 17.5 Å². The van der Waals surface area contributed by atoms with Gasteiger partial charge < -0.3 is 5.73 Å². The fraction of sp³-hybridized carbons (Fsp3) is 0.500. The minimum atomic E-state index is -0.170. The summed E-state index contributed by atoms with van der Waals surface area (Å²) in [5, 5.41) is 9.45. The van der Waals surface area contributed by atoms with Crippen LogP contribution in [0.4, 0.5) is 0 Å². The van der Waals surface area contributed by atoms with E-state index >= 15 is 0 Å². The fourth-order valence-electron chi connectivity index (χ4n) is 1.86. The van der Waals surface area contributed by atoms with Crippen LogP contribution in [-0.2, 0) is 6.54 Å². The molecule has 2 atom stereocenters. The minimum Gasteiger partial charge on any atom is -0.327 e. The van der Waals surface area contributed by atoms with Crippen LogP contribution in [0.25, 0.3) is 0 Å². The molecule has 19 heavy (non-hydrogen) atoms. The summed E-state index contributed by atoms with van der Waals surface area (Å²) in [6.45, 7) is 6.60. The van der Waals surface area contributed by atoms with Gasteiger partial charge >= 0.3 is 5.69 Å². The van der Waals surface area contributed by atoms with Gasteiger partial charge in [0.05, 0.1) is 5.25 Å². The summed E-state index contributed by atoms with van der Waals surface area (Å²) in [4.78, 5) is 12.8. The van der Waals surface area contributed by atoms with E-state index in [0.29, 0.717) is 11.7 Å². The van der Waals surface area contributed by atoms with E-state index in [9.17, 15) is 4.79 Å². The lowest BCUT2D eigenvalue weighted by molar-refractivity contribution is 0.653. The zero-order valence-electron chi connectivity index (χ0n) is 11.2. The molecule has 104 valence electrons. The monoisotopic (exact) mass is 298 g/mol. The summed E-state index contributed by atoms with van der Waals surface area (Å²) in [6, 6.07) is 2.08. The zero-order valence-corrected chi connectivity index (χ0v) is 12.8. The Hall–Kier alpha value is -1.05. The van der Waals surface area contributed by atoms with Crippen LogP contribution in [0.15, 0.2) is 21.4 Å². The van der Waals surface area contributed by atoms with Crippen LogP contribution >= 0.6 is 23.1 Å². The molecule has 0 amide bonds. The van der Waals surface area contributed by atoms with Gasteiger partial charge in [-0.1, -0.05) is 11.8 Å². The summed E-state index contributed by atoms with van der Waals surface area (Å²) in [6.07, 6.45) is 0. The van der Waals surface area contributed by atoms with Gasteiger partial charge in [-0.3, -0.25) is 4.57 Å². The Morgan fingerprint density at radius 2 is 2.37 bits per heavy atom. The first-order chi connectivity index (χ1) is 9.04. The molecule has 7 heteroatoms. The third kappa shape index (κ3) is 2.93. The van der Waals surface area contributed by atoms with E-state index in [0.717, 1.165) is 0 Å². The number of nitrogens with one attached hydrogen (secondary N) is 1. The van der Waals surface area contributed by atoms with Gasteiger partial charge in [-0.05, 0) is 37.8 Å². The Bertz CT molecular complexity index is 599. The van der Waals surface area contributed by atoms with Crippen molar-refractivity contribution in [3.05, 3.63) is 32.4 Å². The maximum Gasteiger partial charge on any atom is 0.343 e. The van der Waals surface area contributed by atoms with E-state index < -0.39 is 0 Å². The molecule has 0 saturated heterocycles. The predicted octanol–water partition coefficient (Wildman–Crippen LogP) is 2.14. The Labute approximate surface area is 120 Å². The number of aromatic nitrogens is 3. The van der Waals surface area contributed by atoms with Crippen LogP contribution in [0, 0.1) is 6.92 Å². The van der Waals surface area contributed by atoms with Gasteiger partial charge in [-0.25, -0.2) is 9.89 Å². The smallest absolute Gasteiger partial charge is 0.327 e. The van der Waals surface area contributed by atoms with Crippen LogP contribution < -0.4 is 11.4 Å². The number of rotatable bonds is 5. The molecule has 3 N–H and O–H groups in total. The molecular weight excluding hydrogens is 280 g/mol. The maximum absolute atomic E-state index is 11.6. The topological polar surface area (TPSA) is 76.7 Å². The number of nitrogens with two attached hydrogens (primary N) is 1. The molecule has 0 bridgehead atoms. The van der Waals surface area contributed by atoms with E-state index in [-0.39, 0.29) is 17.0 Å². The number of hydrogen-bond acceptors (Lipinski definition) is 5. The van der Waals surface area contributed by atoms with Gasteiger partial charge in [0.15, 0.2) is 5.16 Å². The third-order valence-electron chi connectivity index (χ3n) is 2.91. The summed E-state index contributed by atoms with van der Waals surface area (Å²) in [5.41, 5.74) is 7.17. The fourth-order valence-corrected chi connectivity index (χ4v) is 4.37. The number of hydrogen-bond donors (Lipinski definition) is 2. The largest absolute Gasteiger partial charge is 0.343 e. The summed E-state index contributed by atoms with van der Waals surface area (Å²) in [5.74, 6) is 0. The number of nitrogens with zero attached hydrogens (tertiary/aromatic N) is 2. The van der Waals surface area contributed by atoms with E-state index in [4.69, 9.17) is 5.73 Å². The number of aromatic amines is 1. The van der Waals surface area contributed by atoms with Crippen LogP contribution in [0.2, 0.25) is 0 Å². The number of aryl methyl sites for hydroxylation is 1. The molecule has 0 radical (unpaired) electrons. The maximum atomic E-state index is 11.6. The van der Waals surface area contributed by atoms with Crippen LogP contribution in [0.1, 0.15) is 29.5 Å². The molecule has 0 aliphatic rings. The molecule has 0 aliphatic carbocycles. The van der Waals surface area contributed by atoms with Crippen molar-refractivity contribution in [2.45, 2.75) is 43.8 Å². The molecule has 0 spiro atoms. The Morgan fingerprint density at radius 1 is 1.63 bits per heavy atom. The molecule has 0 aliphatic heterocycles. The van der Waals surface area contributed by atoms with Gasteiger partial charge in [-0.15, -0.1) is 16.4 Å². The molecule has 5 nitrogen and oxygen atoms in total. The number of thiophene rings is 1. The van der Waals surface area contributed by atoms with Crippen molar-refractivity contribution >= 4 is 23.1 Å². The highest BCUT2D eigenvalue weighted by atomic mass is 32.2. The van der Waals surface area contributed by atoms with E-state index in [1.165, 1.54) is 10.4 Å². The van der Waals surface area contributed by atoms with Crippen LogP contribution in [0.3, 0.4) is 0 Å². The van der Waals surface area contributed by atoms with Gasteiger partial charge in [0.2, 0.25) is 0 Å². The SMILES string of the molecule is CCn1c(SC(c2sccc2C)C(C)N)n[nH]c1=O. The third-order valence-corrected chi connectivity index (χ3v) is 5.60. The molecule has 2 heterocycles. The number of H-pyrrole nitrogens is 1. The van der Waals surface area contributed by atoms with Gasteiger partial charge in [0.25, 0.3) is 0 Å². The van der Waals surface area contributed by atoms with E-state index in [1.807, 2.05) is 13.8 Å². The molecule has 0 aromatic carbocycles. The van der Waals surface area contributed by atoms with Gasteiger partial charge in [-0.2, -0.15) is 0 Å². The van der Waals surface area contributed by atoms with E-state index in [1.54, 1.807) is 27.7 Å². The molecule has 0 saturated carbocycles. The molecule has 2 unspecified atom stereocenters.